The Balaban J connectivity index is 1.85. The van der Waals surface area contributed by atoms with Crippen molar-refractivity contribution in [2.75, 3.05) is 10.6 Å². The summed E-state index contributed by atoms with van der Waals surface area (Å²) in [6.07, 6.45) is 7.09. The maximum Gasteiger partial charge on any atom is 0.328 e. The fourth-order valence-corrected chi connectivity index (χ4v) is 3.42. The highest BCUT2D eigenvalue weighted by Crippen LogP contribution is 2.34. The molecule has 0 fully saturated rings. The van der Waals surface area contributed by atoms with Gasteiger partial charge in [-0.05, 0) is 36.4 Å². The third-order valence-corrected chi connectivity index (χ3v) is 5.04. The molecule has 33 heavy (non-hydrogen) atoms. The average molecular weight is 463 g/mol. The van der Waals surface area contributed by atoms with Crippen molar-refractivity contribution in [3.8, 4) is 6.07 Å². The van der Waals surface area contributed by atoms with Gasteiger partial charge >= 0.3 is 5.97 Å². The molecule has 0 saturated carbocycles. The summed E-state index contributed by atoms with van der Waals surface area (Å²) in [5, 5.41) is 25.6. The Hall–Kier alpha value is -4.42. The fraction of sp³-hybridized carbons (Fsp3) is 0.0435. The van der Waals surface area contributed by atoms with Crippen LogP contribution < -0.4 is 10.6 Å². The molecule has 0 aliphatic carbocycles. The number of benzene rings is 2. The second-order valence-electron chi connectivity index (χ2n) is 6.98. The lowest BCUT2D eigenvalue weighted by atomic mass is 10.0. The Bertz CT molecular complexity index is 1410. The molecule has 10 heteroatoms. The zero-order valence-corrected chi connectivity index (χ0v) is 17.7. The van der Waals surface area contributed by atoms with Gasteiger partial charge in [0.1, 0.15) is 11.9 Å². The number of carboxylic acids is 1. The van der Waals surface area contributed by atoms with Gasteiger partial charge in [-0.1, -0.05) is 11.6 Å². The zero-order chi connectivity index (χ0) is 23.4. The van der Waals surface area contributed by atoms with Crippen LogP contribution in [0.15, 0.2) is 55.1 Å². The number of nitrogens with one attached hydrogen (secondary N) is 3. The summed E-state index contributed by atoms with van der Waals surface area (Å²) >= 11 is 5.91. The number of fused-ring (bicyclic) bond motifs is 1. The van der Waals surface area contributed by atoms with Crippen LogP contribution in [-0.2, 0) is 11.3 Å². The molecule has 164 valence electrons. The molecule has 2 aromatic heterocycles. The molecule has 0 saturated heterocycles. The van der Waals surface area contributed by atoms with Crippen molar-refractivity contribution in [3.05, 3.63) is 82.8 Å². The lowest BCUT2D eigenvalue weighted by molar-refractivity contribution is -0.131. The Labute approximate surface area is 192 Å². The van der Waals surface area contributed by atoms with Crippen LogP contribution in [0.1, 0.15) is 16.8 Å². The monoisotopic (exact) mass is 462 g/mol. The van der Waals surface area contributed by atoms with Crippen molar-refractivity contribution in [2.45, 2.75) is 6.54 Å². The maximum absolute atomic E-state index is 13.6. The second kappa shape index (κ2) is 9.38. The lowest BCUT2D eigenvalue weighted by Crippen LogP contribution is -2.02. The number of imidazole rings is 1. The van der Waals surface area contributed by atoms with Gasteiger partial charge in [0.15, 0.2) is 0 Å². The number of nitrogens with zero attached hydrogens (tertiary/aromatic N) is 3. The van der Waals surface area contributed by atoms with Gasteiger partial charge in [0, 0.05) is 40.8 Å². The van der Waals surface area contributed by atoms with E-state index in [1.807, 2.05) is 0 Å². The molecule has 2 aromatic carbocycles. The number of anilines is 3. The Morgan fingerprint density at radius 1 is 1.27 bits per heavy atom. The van der Waals surface area contributed by atoms with Crippen LogP contribution in [0.4, 0.5) is 21.5 Å². The molecule has 0 atom stereocenters. The largest absolute Gasteiger partial charge is 0.478 e. The first-order valence-corrected chi connectivity index (χ1v) is 10.0. The van der Waals surface area contributed by atoms with Crippen molar-refractivity contribution in [1.82, 2.24) is 15.0 Å². The van der Waals surface area contributed by atoms with Gasteiger partial charge in [0.25, 0.3) is 0 Å². The van der Waals surface area contributed by atoms with Gasteiger partial charge in [0.2, 0.25) is 0 Å². The predicted molar refractivity (Wildman–Crippen MR) is 124 cm³/mol. The van der Waals surface area contributed by atoms with Gasteiger partial charge < -0.3 is 20.7 Å². The molecule has 4 aromatic rings. The number of aromatic amines is 1. The van der Waals surface area contributed by atoms with Gasteiger partial charge in [-0.15, -0.1) is 0 Å². The van der Waals surface area contributed by atoms with E-state index in [1.54, 1.807) is 24.7 Å². The number of carbonyl (C=O) groups is 1. The Morgan fingerprint density at radius 3 is 2.82 bits per heavy atom. The Morgan fingerprint density at radius 2 is 2.12 bits per heavy atom. The maximum atomic E-state index is 13.6. The number of aliphatic carboxylic acids is 1. The smallest absolute Gasteiger partial charge is 0.328 e. The molecule has 0 unspecified atom stereocenters. The first kappa shape index (κ1) is 21.8. The van der Waals surface area contributed by atoms with Gasteiger partial charge in [-0.3, -0.25) is 4.98 Å². The summed E-state index contributed by atoms with van der Waals surface area (Å²) in [5.74, 6) is -1.67. The first-order valence-electron chi connectivity index (χ1n) is 9.65. The summed E-state index contributed by atoms with van der Waals surface area (Å²) in [6.45, 7) is 0.440. The molecule has 0 aliphatic heterocycles. The summed E-state index contributed by atoms with van der Waals surface area (Å²) in [4.78, 5) is 22.5. The van der Waals surface area contributed by atoms with E-state index < -0.39 is 11.8 Å². The van der Waals surface area contributed by atoms with E-state index in [9.17, 15) is 14.4 Å². The number of pyridine rings is 1. The highest BCUT2D eigenvalue weighted by atomic mass is 35.5. The molecule has 2 heterocycles. The molecule has 4 N–H and O–H groups in total. The number of H-pyrrole nitrogens is 1. The minimum atomic E-state index is -1.10. The number of halogens is 2. The van der Waals surface area contributed by atoms with E-state index in [-0.39, 0.29) is 10.6 Å². The number of carboxylic acid groups (broad SMARTS) is 1. The van der Waals surface area contributed by atoms with Crippen molar-refractivity contribution >= 4 is 51.6 Å². The van der Waals surface area contributed by atoms with Crippen LogP contribution in [0.2, 0.25) is 5.02 Å². The summed E-state index contributed by atoms with van der Waals surface area (Å²) in [5.41, 5.74) is 3.69. The van der Waals surface area contributed by atoms with E-state index in [0.29, 0.717) is 40.1 Å². The van der Waals surface area contributed by atoms with Crippen LogP contribution >= 0.6 is 11.6 Å². The first-order chi connectivity index (χ1) is 15.9. The number of nitriles is 1. The summed E-state index contributed by atoms with van der Waals surface area (Å²) in [6, 6.07) is 9.79. The van der Waals surface area contributed by atoms with Crippen molar-refractivity contribution in [1.29, 1.82) is 5.26 Å². The fourth-order valence-electron chi connectivity index (χ4n) is 3.24. The SMILES string of the molecule is N#Cc1cnc2c(/C=C/C(=O)O)cc(NCc3cnc[nH]3)cc2c1Nc1ccc(F)c(Cl)c1. The molecular formula is C23H16ClFN6O2. The summed E-state index contributed by atoms with van der Waals surface area (Å²) in [7, 11) is 0. The standard InChI is InChI=1S/C23H16ClFN6O2/c24-19-7-15(2-3-20(19)25)31-23-14(8-26)9-29-22-13(1-4-21(32)33)5-16(6-18(22)23)28-11-17-10-27-12-30-17/h1-7,9-10,12,28H,11H2,(H,27,30)(H,29,31)(H,32,33)/b4-1+. The molecule has 0 spiro atoms. The van der Waals surface area contributed by atoms with Gasteiger partial charge in [0.05, 0.1) is 40.4 Å². The molecule has 0 amide bonds. The molecule has 0 bridgehead atoms. The zero-order valence-electron chi connectivity index (χ0n) is 16.9. The quantitative estimate of drug-likeness (QED) is 0.282. The number of hydrogen-bond acceptors (Lipinski definition) is 6. The normalized spacial score (nSPS) is 10.9. The van der Waals surface area contributed by atoms with Crippen LogP contribution in [0.25, 0.3) is 17.0 Å². The summed E-state index contributed by atoms with van der Waals surface area (Å²) < 4.78 is 13.6. The minimum Gasteiger partial charge on any atom is -0.478 e. The third kappa shape index (κ3) is 4.92. The predicted octanol–water partition coefficient (Wildman–Crippen LogP) is 5.08. The number of hydrogen-bond donors (Lipinski definition) is 4. The molecule has 0 aliphatic rings. The van der Waals surface area contributed by atoms with E-state index in [4.69, 9.17) is 16.7 Å². The van der Waals surface area contributed by atoms with Crippen molar-refractivity contribution in [3.63, 3.8) is 0 Å². The van der Waals surface area contributed by atoms with Gasteiger partial charge in [-0.25, -0.2) is 14.2 Å². The van der Waals surface area contributed by atoms with E-state index in [2.05, 4.69) is 31.7 Å². The number of rotatable bonds is 7. The van der Waals surface area contributed by atoms with Crippen LogP contribution in [0.3, 0.4) is 0 Å². The molecular weight excluding hydrogens is 447 g/mol. The van der Waals surface area contributed by atoms with Crippen molar-refractivity contribution < 1.29 is 14.3 Å². The van der Waals surface area contributed by atoms with Crippen LogP contribution in [-0.4, -0.2) is 26.0 Å². The molecule has 0 radical (unpaired) electrons. The van der Waals surface area contributed by atoms with Crippen LogP contribution in [0, 0.1) is 17.1 Å². The van der Waals surface area contributed by atoms with E-state index in [0.717, 1.165) is 11.8 Å². The lowest BCUT2D eigenvalue weighted by Gasteiger charge is -2.15. The highest BCUT2D eigenvalue weighted by Gasteiger charge is 2.14. The van der Waals surface area contributed by atoms with E-state index >= 15 is 0 Å². The minimum absolute atomic E-state index is 0.0659. The molecule has 4 rings (SSSR count). The van der Waals surface area contributed by atoms with Crippen molar-refractivity contribution in [2.24, 2.45) is 0 Å². The van der Waals surface area contributed by atoms with Gasteiger partial charge in [-0.2, -0.15) is 5.26 Å². The topological polar surface area (TPSA) is 127 Å². The highest BCUT2D eigenvalue weighted by molar-refractivity contribution is 6.31. The second-order valence-corrected chi connectivity index (χ2v) is 7.38. The molecule has 8 nitrogen and oxygen atoms in total. The van der Waals surface area contributed by atoms with Crippen LogP contribution in [0.5, 0.6) is 0 Å². The average Bonchev–Trinajstić information content (AvgIpc) is 3.32. The third-order valence-electron chi connectivity index (χ3n) is 4.75. The van der Waals surface area contributed by atoms with E-state index in [1.165, 1.54) is 30.5 Å². The number of aromatic nitrogens is 3. The Kier molecular flexibility index (Phi) is 6.20.